The number of aromatic nitrogens is 3. The molecule has 0 aliphatic carbocycles. The van der Waals surface area contributed by atoms with Crippen LogP contribution in [-0.2, 0) is 13.1 Å². The molecule has 2 N–H and O–H groups in total. The highest BCUT2D eigenvalue weighted by Crippen LogP contribution is 2.09. The van der Waals surface area contributed by atoms with Crippen molar-refractivity contribution in [3.8, 4) is 5.82 Å². The van der Waals surface area contributed by atoms with E-state index in [1.165, 1.54) is 0 Å². The van der Waals surface area contributed by atoms with Gasteiger partial charge in [0.25, 0.3) is 0 Å². The Hall–Kier alpha value is -2.13. The first-order valence-corrected chi connectivity index (χ1v) is 8.82. The summed E-state index contributed by atoms with van der Waals surface area (Å²) in [6.45, 7) is 4.07. The molecule has 0 radical (unpaired) electrons. The third kappa shape index (κ3) is 6.51. The summed E-state index contributed by atoms with van der Waals surface area (Å²) in [4.78, 5) is 13.1. The van der Waals surface area contributed by atoms with Gasteiger partial charge in [0.1, 0.15) is 12.1 Å². The monoisotopic (exact) mass is 496 g/mol. The maximum atomic E-state index is 5.92. The Morgan fingerprint density at radius 1 is 1.11 bits per heavy atom. The van der Waals surface area contributed by atoms with Crippen molar-refractivity contribution in [2.75, 3.05) is 6.54 Å². The number of guanidine groups is 1. The number of benzene rings is 1. The van der Waals surface area contributed by atoms with Crippen LogP contribution < -0.4 is 10.6 Å². The van der Waals surface area contributed by atoms with E-state index in [-0.39, 0.29) is 24.0 Å². The zero-order valence-electron chi connectivity index (χ0n) is 15.0. The Bertz CT molecular complexity index is 832. The molecule has 0 fully saturated rings. The third-order valence-electron chi connectivity index (χ3n) is 3.72. The molecule has 27 heavy (non-hydrogen) atoms. The van der Waals surface area contributed by atoms with E-state index in [0.29, 0.717) is 13.1 Å². The van der Waals surface area contributed by atoms with E-state index in [1.807, 2.05) is 60.3 Å². The maximum absolute atomic E-state index is 5.92. The number of hydrogen-bond acceptors (Lipinski definition) is 3. The zero-order valence-corrected chi connectivity index (χ0v) is 18.1. The normalized spacial score (nSPS) is 11.0. The number of aliphatic imine (C=N–C) groups is 1. The van der Waals surface area contributed by atoms with Gasteiger partial charge in [0, 0.05) is 36.7 Å². The molecule has 0 bridgehead atoms. The van der Waals surface area contributed by atoms with Crippen LogP contribution in [0.15, 0.2) is 66.3 Å². The Kier molecular flexibility index (Phi) is 8.53. The van der Waals surface area contributed by atoms with Gasteiger partial charge < -0.3 is 10.6 Å². The number of nitrogens with zero attached hydrogens (tertiary/aromatic N) is 4. The van der Waals surface area contributed by atoms with Crippen LogP contribution in [0.5, 0.6) is 0 Å². The van der Waals surface area contributed by atoms with E-state index in [4.69, 9.17) is 11.6 Å². The van der Waals surface area contributed by atoms with Crippen molar-refractivity contribution in [3.05, 3.63) is 77.5 Å². The van der Waals surface area contributed by atoms with Crippen LogP contribution in [0, 0.1) is 0 Å². The van der Waals surface area contributed by atoms with E-state index in [1.54, 1.807) is 12.5 Å². The van der Waals surface area contributed by atoms with Gasteiger partial charge in [-0.2, -0.15) is 0 Å². The second kappa shape index (κ2) is 10.9. The molecule has 6 nitrogen and oxygen atoms in total. The van der Waals surface area contributed by atoms with Gasteiger partial charge in [-0.15, -0.1) is 24.0 Å². The first kappa shape index (κ1) is 21.2. The van der Waals surface area contributed by atoms with Crippen LogP contribution in [-0.4, -0.2) is 27.0 Å². The quantitative estimate of drug-likeness (QED) is 0.310. The minimum atomic E-state index is 0. The van der Waals surface area contributed by atoms with Gasteiger partial charge in [-0.05, 0) is 36.2 Å². The predicted molar refractivity (Wildman–Crippen MR) is 120 cm³/mol. The average molecular weight is 497 g/mol. The smallest absolute Gasteiger partial charge is 0.191 e. The Labute approximate surface area is 181 Å². The van der Waals surface area contributed by atoms with Crippen molar-refractivity contribution in [2.24, 2.45) is 4.99 Å². The number of nitrogens with one attached hydrogen (secondary N) is 2. The van der Waals surface area contributed by atoms with Gasteiger partial charge in [-0.3, -0.25) is 4.57 Å². The molecule has 2 aromatic heterocycles. The van der Waals surface area contributed by atoms with E-state index in [0.717, 1.165) is 34.5 Å². The standard InChI is InChI=1S/C19H21ClN6.HI/c1-2-22-19(24-11-15-3-6-17(20)7-4-15)25-13-16-5-8-18(23-12-16)26-10-9-21-14-26;/h3-10,12,14H,2,11,13H2,1H3,(H2,22,24,25);1H. The van der Waals surface area contributed by atoms with Crippen LogP contribution >= 0.6 is 35.6 Å². The molecule has 0 aliphatic heterocycles. The molecule has 1 aromatic carbocycles. The van der Waals surface area contributed by atoms with Crippen molar-refractivity contribution in [2.45, 2.75) is 20.0 Å². The molecule has 3 aromatic rings. The van der Waals surface area contributed by atoms with Crippen molar-refractivity contribution in [1.29, 1.82) is 0 Å². The fourth-order valence-corrected chi connectivity index (χ4v) is 2.48. The van der Waals surface area contributed by atoms with Gasteiger partial charge in [-0.1, -0.05) is 29.8 Å². The van der Waals surface area contributed by atoms with Crippen LogP contribution in [0.25, 0.3) is 5.82 Å². The Balaban J connectivity index is 0.00000261. The second-order valence-corrected chi connectivity index (χ2v) is 6.11. The molecule has 3 rings (SSSR count). The fourth-order valence-electron chi connectivity index (χ4n) is 2.36. The van der Waals surface area contributed by atoms with Crippen molar-refractivity contribution >= 4 is 41.5 Å². The lowest BCUT2D eigenvalue weighted by Gasteiger charge is -2.11. The van der Waals surface area contributed by atoms with Crippen molar-refractivity contribution in [3.63, 3.8) is 0 Å². The molecule has 0 amide bonds. The molecule has 0 unspecified atom stereocenters. The topological polar surface area (TPSA) is 67.1 Å². The molecule has 0 atom stereocenters. The van der Waals surface area contributed by atoms with Crippen LogP contribution in [0.4, 0.5) is 0 Å². The summed E-state index contributed by atoms with van der Waals surface area (Å²) in [5, 5.41) is 7.31. The first-order valence-electron chi connectivity index (χ1n) is 8.44. The molecule has 0 aliphatic rings. The predicted octanol–water partition coefficient (Wildman–Crippen LogP) is 3.79. The highest BCUT2D eigenvalue weighted by atomic mass is 127. The van der Waals surface area contributed by atoms with Crippen molar-refractivity contribution < 1.29 is 0 Å². The minimum absolute atomic E-state index is 0. The highest BCUT2D eigenvalue weighted by molar-refractivity contribution is 14.0. The van der Waals surface area contributed by atoms with Crippen LogP contribution in [0.1, 0.15) is 18.1 Å². The summed E-state index contributed by atoms with van der Waals surface area (Å²) in [7, 11) is 0. The summed E-state index contributed by atoms with van der Waals surface area (Å²) >= 11 is 5.92. The largest absolute Gasteiger partial charge is 0.357 e. The number of rotatable bonds is 6. The molecule has 0 saturated carbocycles. The lowest BCUT2D eigenvalue weighted by atomic mass is 10.2. The van der Waals surface area contributed by atoms with E-state index in [9.17, 15) is 0 Å². The van der Waals surface area contributed by atoms with Gasteiger partial charge in [-0.25, -0.2) is 15.0 Å². The molecular weight excluding hydrogens is 475 g/mol. The number of halogens is 2. The van der Waals surface area contributed by atoms with E-state index >= 15 is 0 Å². The number of hydrogen-bond donors (Lipinski definition) is 2. The van der Waals surface area contributed by atoms with Crippen LogP contribution in [0.3, 0.4) is 0 Å². The molecule has 0 saturated heterocycles. The summed E-state index contributed by atoms with van der Waals surface area (Å²) < 4.78 is 1.87. The highest BCUT2D eigenvalue weighted by Gasteiger charge is 2.01. The fraction of sp³-hybridized carbons (Fsp3) is 0.211. The number of imidazole rings is 1. The summed E-state index contributed by atoms with van der Waals surface area (Å²) in [5.74, 6) is 1.60. The Morgan fingerprint density at radius 2 is 1.89 bits per heavy atom. The van der Waals surface area contributed by atoms with Crippen molar-refractivity contribution in [1.82, 2.24) is 25.2 Å². The SMILES string of the molecule is CCNC(=NCc1ccc(-n2ccnc2)nc1)NCc1ccc(Cl)cc1.I. The van der Waals surface area contributed by atoms with E-state index in [2.05, 4.69) is 25.6 Å². The number of pyridine rings is 1. The first-order chi connectivity index (χ1) is 12.7. The summed E-state index contributed by atoms with van der Waals surface area (Å²) in [6.07, 6.45) is 7.16. The Morgan fingerprint density at radius 3 is 2.52 bits per heavy atom. The second-order valence-electron chi connectivity index (χ2n) is 5.67. The molecule has 0 spiro atoms. The van der Waals surface area contributed by atoms with Gasteiger partial charge in [0.15, 0.2) is 5.96 Å². The molecule has 8 heteroatoms. The van der Waals surface area contributed by atoms with Gasteiger partial charge in [0.2, 0.25) is 0 Å². The van der Waals surface area contributed by atoms with Gasteiger partial charge >= 0.3 is 0 Å². The zero-order chi connectivity index (χ0) is 18.2. The maximum Gasteiger partial charge on any atom is 0.191 e. The van der Waals surface area contributed by atoms with Crippen LogP contribution in [0.2, 0.25) is 5.02 Å². The average Bonchev–Trinajstić information content (AvgIpc) is 3.20. The summed E-state index contributed by atoms with van der Waals surface area (Å²) in [6, 6.07) is 11.7. The van der Waals surface area contributed by atoms with Gasteiger partial charge in [0.05, 0.1) is 6.54 Å². The minimum Gasteiger partial charge on any atom is -0.357 e. The lowest BCUT2D eigenvalue weighted by Crippen LogP contribution is -2.36. The van der Waals surface area contributed by atoms with E-state index < -0.39 is 0 Å². The summed E-state index contributed by atoms with van der Waals surface area (Å²) in [5.41, 5.74) is 2.18. The molecule has 2 heterocycles. The molecule has 142 valence electrons. The molecular formula is C19H22ClIN6. The lowest BCUT2D eigenvalue weighted by molar-refractivity contribution is 0.815. The third-order valence-corrected chi connectivity index (χ3v) is 3.97.